The normalized spacial score (nSPS) is 11.3. The van der Waals surface area contributed by atoms with Gasteiger partial charge in [0.05, 0.1) is 24.0 Å². The number of fused-ring (bicyclic) bond motifs is 1. The molecule has 0 aliphatic carbocycles. The van der Waals surface area contributed by atoms with Crippen molar-refractivity contribution < 1.29 is 22.7 Å². The molecule has 0 aliphatic heterocycles. The zero-order valence-corrected chi connectivity index (χ0v) is 16.0. The van der Waals surface area contributed by atoms with Crippen LogP contribution in [-0.4, -0.2) is 42.2 Å². The number of rotatable bonds is 7. The van der Waals surface area contributed by atoms with Crippen molar-refractivity contribution in [1.82, 2.24) is 14.3 Å². The summed E-state index contributed by atoms with van der Waals surface area (Å²) in [5.41, 5.74) is 2.61. The maximum absolute atomic E-state index is 12.3. The van der Waals surface area contributed by atoms with E-state index in [9.17, 15) is 18.0 Å². The molecule has 2 aromatic carbocycles. The number of hydrogen-bond donors (Lipinski definition) is 1. The molecule has 1 N–H and O–H groups in total. The number of imidazole rings is 1. The summed E-state index contributed by atoms with van der Waals surface area (Å²) in [7, 11) is -4.14. The molecule has 3 rings (SSSR count). The van der Waals surface area contributed by atoms with Crippen LogP contribution in [-0.2, 0) is 26.1 Å². The van der Waals surface area contributed by atoms with Crippen LogP contribution < -0.4 is 4.72 Å². The van der Waals surface area contributed by atoms with Crippen molar-refractivity contribution in [3.63, 3.8) is 0 Å². The van der Waals surface area contributed by atoms with E-state index in [4.69, 9.17) is 0 Å². The number of sulfonamides is 1. The molecule has 1 heterocycles. The van der Waals surface area contributed by atoms with E-state index in [1.807, 2.05) is 39.6 Å². The summed E-state index contributed by atoms with van der Waals surface area (Å²) in [6.45, 7) is 2.25. The van der Waals surface area contributed by atoms with Crippen molar-refractivity contribution >= 4 is 32.9 Å². The number of aromatic nitrogens is 2. The van der Waals surface area contributed by atoms with Gasteiger partial charge >= 0.3 is 5.97 Å². The fourth-order valence-corrected chi connectivity index (χ4v) is 3.57. The lowest BCUT2D eigenvalue weighted by Crippen LogP contribution is -2.35. The molecule has 3 aromatic rings. The third-order valence-electron chi connectivity index (χ3n) is 3.94. The van der Waals surface area contributed by atoms with Crippen molar-refractivity contribution in [2.24, 2.45) is 0 Å². The molecule has 0 aliphatic rings. The second-order valence-corrected chi connectivity index (χ2v) is 7.78. The summed E-state index contributed by atoms with van der Waals surface area (Å²) in [6, 6.07) is 14.6. The molecule has 28 heavy (non-hydrogen) atoms. The minimum absolute atomic E-state index is 0.0601. The lowest BCUT2D eigenvalue weighted by Gasteiger charge is -2.07. The highest BCUT2D eigenvalue weighted by Crippen LogP contribution is 2.17. The number of benzene rings is 2. The Hall–Kier alpha value is -3.20. The molecular weight excluding hydrogens is 382 g/mol. The zero-order valence-electron chi connectivity index (χ0n) is 15.2. The first-order valence-electron chi connectivity index (χ1n) is 8.57. The van der Waals surface area contributed by atoms with Gasteiger partial charge in [-0.1, -0.05) is 30.3 Å². The molecular formula is C19H19N3O5S. The van der Waals surface area contributed by atoms with Gasteiger partial charge in [-0.2, -0.15) is 0 Å². The number of carbonyl (C=O) groups excluding carboxylic acids is 2. The number of esters is 1. The van der Waals surface area contributed by atoms with Gasteiger partial charge in [0, 0.05) is 12.1 Å². The predicted octanol–water partition coefficient (Wildman–Crippen LogP) is 1.71. The molecule has 0 saturated heterocycles. The van der Waals surface area contributed by atoms with Gasteiger partial charge in [0.2, 0.25) is 10.0 Å². The summed E-state index contributed by atoms with van der Waals surface area (Å²) in [4.78, 5) is 27.9. The maximum atomic E-state index is 12.3. The molecule has 0 bridgehead atoms. The van der Waals surface area contributed by atoms with Crippen molar-refractivity contribution in [3.8, 4) is 0 Å². The molecule has 1 aromatic heterocycles. The minimum atomic E-state index is -4.14. The lowest BCUT2D eigenvalue weighted by molar-refractivity contribution is -0.139. The van der Waals surface area contributed by atoms with E-state index in [1.54, 1.807) is 19.3 Å². The molecule has 8 nitrogen and oxygen atoms in total. The van der Waals surface area contributed by atoms with Crippen LogP contribution in [0.4, 0.5) is 0 Å². The first-order chi connectivity index (χ1) is 13.4. The molecule has 146 valence electrons. The third kappa shape index (κ3) is 4.74. The van der Waals surface area contributed by atoms with Gasteiger partial charge in [-0.25, -0.2) is 18.1 Å². The molecule has 0 atom stereocenters. The maximum Gasteiger partial charge on any atom is 0.323 e. The summed E-state index contributed by atoms with van der Waals surface area (Å²) >= 11 is 0. The highest BCUT2D eigenvalue weighted by molar-refractivity contribution is 7.90. The standard InChI is InChI=1S/C19H19N3O5S/c1-2-27-18(23)12-28(25,26)21-19(24)15-8-9-17-16(10-15)20-13-22(17)11-14-6-4-3-5-7-14/h3-10,13H,2,11-12H2,1H3,(H,21,24). The van der Waals surface area contributed by atoms with E-state index in [0.29, 0.717) is 12.1 Å². The van der Waals surface area contributed by atoms with Crippen LogP contribution in [0.5, 0.6) is 0 Å². The van der Waals surface area contributed by atoms with Gasteiger partial charge < -0.3 is 9.30 Å². The van der Waals surface area contributed by atoms with Crippen molar-refractivity contribution in [2.45, 2.75) is 13.5 Å². The largest absolute Gasteiger partial charge is 0.465 e. The number of hydrogen-bond acceptors (Lipinski definition) is 6. The zero-order chi connectivity index (χ0) is 20.1. The van der Waals surface area contributed by atoms with E-state index in [2.05, 4.69) is 9.72 Å². The Labute approximate surface area is 162 Å². The molecule has 1 amide bonds. The summed E-state index contributed by atoms with van der Waals surface area (Å²) < 4.78 is 32.2. The van der Waals surface area contributed by atoms with Gasteiger partial charge in [-0.15, -0.1) is 0 Å². The highest BCUT2D eigenvalue weighted by Gasteiger charge is 2.21. The highest BCUT2D eigenvalue weighted by atomic mass is 32.2. The average molecular weight is 401 g/mol. The Morgan fingerprint density at radius 1 is 1.14 bits per heavy atom. The first-order valence-corrected chi connectivity index (χ1v) is 10.2. The van der Waals surface area contributed by atoms with E-state index < -0.39 is 27.7 Å². The van der Waals surface area contributed by atoms with Gasteiger partial charge in [-0.3, -0.25) is 9.59 Å². The van der Waals surface area contributed by atoms with E-state index in [-0.39, 0.29) is 12.2 Å². The summed E-state index contributed by atoms with van der Waals surface area (Å²) in [5, 5.41) is 0. The number of nitrogens with zero attached hydrogens (tertiary/aromatic N) is 2. The van der Waals surface area contributed by atoms with Gasteiger partial charge in [0.1, 0.15) is 0 Å². The van der Waals surface area contributed by atoms with Gasteiger partial charge in [0.25, 0.3) is 5.91 Å². The quantitative estimate of drug-likeness (QED) is 0.604. The van der Waals surface area contributed by atoms with E-state index in [1.165, 1.54) is 12.1 Å². The third-order valence-corrected chi connectivity index (χ3v) is 5.05. The van der Waals surface area contributed by atoms with Crippen LogP contribution in [0.25, 0.3) is 11.0 Å². The monoisotopic (exact) mass is 401 g/mol. The van der Waals surface area contributed by atoms with E-state index in [0.717, 1.165) is 11.1 Å². The Balaban J connectivity index is 1.75. The minimum Gasteiger partial charge on any atom is -0.465 e. The Morgan fingerprint density at radius 3 is 2.61 bits per heavy atom. The van der Waals surface area contributed by atoms with Crippen molar-refractivity contribution in [2.75, 3.05) is 12.4 Å². The fraction of sp³-hybridized carbons (Fsp3) is 0.211. The molecule has 0 fully saturated rings. The van der Waals surface area contributed by atoms with Crippen molar-refractivity contribution in [3.05, 3.63) is 66.0 Å². The van der Waals surface area contributed by atoms with Crippen LogP contribution >= 0.6 is 0 Å². The summed E-state index contributed by atoms with van der Waals surface area (Å²) in [5.74, 6) is -2.66. The number of amides is 1. The topological polar surface area (TPSA) is 107 Å². The number of nitrogens with one attached hydrogen (secondary N) is 1. The average Bonchev–Trinajstić information content (AvgIpc) is 3.04. The smallest absolute Gasteiger partial charge is 0.323 e. The molecule has 9 heteroatoms. The summed E-state index contributed by atoms with van der Waals surface area (Å²) in [6.07, 6.45) is 1.66. The van der Waals surface area contributed by atoms with Crippen LogP contribution in [0, 0.1) is 0 Å². The Morgan fingerprint density at radius 2 is 1.89 bits per heavy atom. The lowest BCUT2D eigenvalue weighted by atomic mass is 10.2. The number of carbonyl (C=O) groups is 2. The SMILES string of the molecule is CCOC(=O)CS(=O)(=O)NC(=O)c1ccc2c(c1)ncn2Cc1ccccc1. The Bertz CT molecular complexity index is 1110. The second-order valence-electron chi connectivity index (χ2n) is 6.06. The fourth-order valence-electron chi connectivity index (χ4n) is 2.71. The van der Waals surface area contributed by atoms with Crippen LogP contribution in [0.2, 0.25) is 0 Å². The van der Waals surface area contributed by atoms with Crippen LogP contribution in [0.3, 0.4) is 0 Å². The second kappa shape index (κ2) is 8.22. The molecule has 0 unspecified atom stereocenters. The Kier molecular flexibility index (Phi) is 5.74. The number of ether oxygens (including phenoxy) is 1. The van der Waals surface area contributed by atoms with Gasteiger partial charge in [0.15, 0.2) is 5.75 Å². The van der Waals surface area contributed by atoms with Crippen LogP contribution in [0.15, 0.2) is 54.9 Å². The van der Waals surface area contributed by atoms with Gasteiger partial charge in [-0.05, 0) is 30.7 Å². The van der Waals surface area contributed by atoms with E-state index >= 15 is 0 Å². The van der Waals surface area contributed by atoms with Crippen molar-refractivity contribution in [1.29, 1.82) is 0 Å². The first kappa shape index (κ1) is 19.6. The molecule has 0 saturated carbocycles. The van der Waals surface area contributed by atoms with Crippen LogP contribution in [0.1, 0.15) is 22.8 Å². The predicted molar refractivity (Wildman–Crippen MR) is 103 cm³/mol. The molecule has 0 spiro atoms. The molecule has 0 radical (unpaired) electrons.